The largest absolute Gasteiger partial charge is 0.322 e. The number of rotatable bonds is 6. The van der Waals surface area contributed by atoms with Crippen LogP contribution in [0.3, 0.4) is 0 Å². The number of likely N-dealkylation sites (N-methyl/N-ethyl adjacent to an activating group) is 1. The van der Waals surface area contributed by atoms with Crippen LogP contribution in [0.5, 0.6) is 0 Å². The third-order valence-electron chi connectivity index (χ3n) is 2.59. The molecule has 1 rings (SSSR count). The van der Waals surface area contributed by atoms with Crippen molar-refractivity contribution >= 4 is 0 Å². The second-order valence-electron chi connectivity index (χ2n) is 4.75. The molecule has 0 saturated heterocycles. The summed E-state index contributed by atoms with van der Waals surface area (Å²) in [5.41, 5.74) is 1.37. The van der Waals surface area contributed by atoms with Crippen molar-refractivity contribution in [2.75, 3.05) is 27.2 Å². The van der Waals surface area contributed by atoms with Gasteiger partial charge >= 0.3 is 0 Å². The van der Waals surface area contributed by atoms with Crippen molar-refractivity contribution in [2.45, 2.75) is 6.42 Å². The second-order valence-corrected chi connectivity index (χ2v) is 4.75. The third kappa shape index (κ3) is 4.94. The minimum absolute atomic E-state index is 0.967. The van der Waals surface area contributed by atoms with Crippen LogP contribution >= 0.6 is 0 Å². The van der Waals surface area contributed by atoms with Gasteiger partial charge in [-0.2, -0.15) is 0 Å². The molecule has 1 nitrogen and oxygen atoms in total. The second kappa shape index (κ2) is 6.29. The Labute approximate surface area is 99.3 Å². The van der Waals surface area contributed by atoms with E-state index in [1.165, 1.54) is 5.56 Å². The van der Waals surface area contributed by atoms with Crippen LogP contribution < -0.4 is 0 Å². The smallest absolute Gasteiger partial charge is 0.0972 e. The highest BCUT2D eigenvalue weighted by Crippen LogP contribution is 2.01. The Bertz CT molecular complexity index is 336. The third-order valence-corrected chi connectivity index (χ3v) is 2.59. The molecule has 0 bridgehead atoms. The Balaban J connectivity index is 2.36. The molecule has 1 aromatic rings. The molecular weight excluding hydrogens is 194 g/mol. The van der Waals surface area contributed by atoms with Gasteiger partial charge in [-0.1, -0.05) is 43.0 Å². The maximum atomic E-state index is 3.78. The number of allylic oxidation sites excluding steroid dienone is 1. The zero-order valence-electron chi connectivity index (χ0n) is 10.4. The number of quaternary nitrogens is 1. The summed E-state index contributed by atoms with van der Waals surface area (Å²) in [5, 5.41) is 0. The molecule has 1 aromatic carbocycles. The van der Waals surface area contributed by atoms with Crippen LogP contribution in [-0.4, -0.2) is 31.7 Å². The Kier molecular flexibility index (Phi) is 5.00. The molecule has 0 amide bonds. The Morgan fingerprint density at radius 3 is 2.38 bits per heavy atom. The fourth-order valence-electron chi connectivity index (χ4n) is 1.62. The molecule has 86 valence electrons. The number of hydrogen-bond donors (Lipinski definition) is 0. The fraction of sp³-hybridized carbons (Fsp3) is 0.333. The summed E-state index contributed by atoms with van der Waals surface area (Å²) in [6, 6.07) is 10.5. The molecule has 0 atom stereocenters. The van der Waals surface area contributed by atoms with Gasteiger partial charge < -0.3 is 4.48 Å². The number of nitrogens with zero attached hydrogens (tertiary/aromatic N) is 1. The van der Waals surface area contributed by atoms with E-state index in [1.807, 2.05) is 6.08 Å². The van der Waals surface area contributed by atoms with Gasteiger partial charge in [0.2, 0.25) is 0 Å². The predicted octanol–water partition coefficient (Wildman–Crippen LogP) is 3.05. The summed E-state index contributed by atoms with van der Waals surface area (Å²) in [6.07, 6.45) is 7.51. The molecule has 0 aliphatic carbocycles. The molecule has 0 aliphatic rings. The molecule has 0 spiro atoms. The first-order valence-electron chi connectivity index (χ1n) is 5.76. The molecule has 0 saturated carbocycles. The first kappa shape index (κ1) is 12.7. The van der Waals surface area contributed by atoms with Crippen molar-refractivity contribution in [3.8, 4) is 0 Å². The van der Waals surface area contributed by atoms with Gasteiger partial charge in [0.25, 0.3) is 0 Å². The van der Waals surface area contributed by atoms with Crippen LogP contribution in [-0.2, 0) is 6.42 Å². The molecule has 0 heterocycles. The van der Waals surface area contributed by atoms with Crippen LogP contribution in [0.4, 0.5) is 0 Å². The van der Waals surface area contributed by atoms with Gasteiger partial charge in [0.1, 0.15) is 0 Å². The average Bonchev–Trinajstić information content (AvgIpc) is 2.26. The average molecular weight is 216 g/mol. The van der Waals surface area contributed by atoms with Crippen molar-refractivity contribution in [3.63, 3.8) is 0 Å². The van der Waals surface area contributed by atoms with E-state index in [-0.39, 0.29) is 0 Å². The van der Waals surface area contributed by atoms with Gasteiger partial charge in [-0.25, -0.2) is 0 Å². The molecule has 0 radical (unpaired) electrons. The monoisotopic (exact) mass is 216 g/mol. The molecule has 1 heteroatoms. The lowest BCUT2D eigenvalue weighted by Crippen LogP contribution is -2.39. The van der Waals surface area contributed by atoms with Crippen molar-refractivity contribution in [3.05, 3.63) is 60.7 Å². The fourth-order valence-corrected chi connectivity index (χ4v) is 1.62. The molecular formula is C15H22N+. The van der Waals surface area contributed by atoms with E-state index in [1.54, 1.807) is 0 Å². The Hall–Kier alpha value is -1.34. The van der Waals surface area contributed by atoms with Crippen LogP contribution in [0.1, 0.15) is 5.56 Å². The summed E-state index contributed by atoms with van der Waals surface area (Å²) >= 11 is 0. The SMILES string of the molecule is C=CC[N+](C)(C)CC=CCc1ccccc1. The molecule has 0 aromatic heterocycles. The van der Waals surface area contributed by atoms with Gasteiger partial charge in [0.05, 0.1) is 27.2 Å². The molecule has 16 heavy (non-hydrogen) atoms. The van der Waals surface area contributed by atoms with E-state index in [9.17, 15) is 0 Å². The van der Waals surface area contributed by atoms with E-state index in [0.29, 0.717) is 0 Å². The summed E-state index contributed by atoms with van der Waals surface area (Å²) in [6.45, 7) is 5.85. The number of benzene rings is 1. The van der Waals surface area contributed by atoms with E-state index in [2.05, 4.69) is 63.2 Å². The lowest BCUT2D eigenvalue weighted by atomic mass is 10.1. The number of hydrogen-bond acceptors (Lipinski definition) is 0. The van der Waals surface area contributed by atoms with Crippen LogP contribution in [0.2, 0.25) is 0 Å². The summed E-state index contributed by atoms with van der Waals surface area (Å²) in [4.78, 5) is 0. The van der Waals surface area contributed by atoms with Crippen molar-refractivity contribution < 1.29 is 4.48 Å². The van der Waals surface area contributed by atoms with Crippen LogP contribution in [0, 0.1) is 0 Å². The van der Waals surface area contributed by atoms with Gasteiger partial charge in [-0.15, -0.1) is 0 Å². The Morgan fingerprint density at radius 1 is 1.06 bits per heavy atom. The lowest BCUT2D eigenvalue weighted by Gasteiger charge is -2.26. The van der Waals surface area contributed by atoms with E-state index in [0.717, 1.165) is 24.0 Å². The standard InChI is InChI=1S/C15H22N/c1-4-13-16(2,3)14-9-8-12-15-10-6-5-7-11-15/h4-11H,1,12-14H2,2-3H3/q+1. The summed E-state index contributed by atoms with van der Waals surface area (Å²) < 4.78 is 0.967. The van der Waals surface area contributed by atoms with Gasteiger partial charge in [-0.3, -0.25) is 0 Å². The minimum Gasteiger partial charge on any atom is -0.322 e. The highest BCUT2D eigenvalue weighted by Gasteiger charge is 2.08. The first-order chi connectivity index (χ1) is 7.64. The van der Waals surface area contributed by atoms with Crippen LogP contribution in [0.15, 0.2) is 55.1 Å². The zero-order chi connectivity index (χ0) is 11.9. The highest BCUT2D eigenvalue weighted by molar-refractivity contribution is 5.17. The van der Waals surface area contributed by atoms with E-state index in [4.69, 9.17) is 0 Å². The van der Waals surface area contributed by atoms with Gasteiger partial charge in [0.15, 0.2) is 0 Å². The Morgan fingerprint density at radius 2 is 1.75 bits per heavy atom. The minimum atomic E-state index is 0.967. The molecule has 0 unspecified atom stereocenters. The van der Waals surface area contributed by atoms with Gasteiger partial charge in [0, 0.05) is 0 Å². The summed E-state index contributed by atoms with van der Waals surface area (Å²) in [5.74, 6) is 0. The molecule has 0 N–H and O–H groups in total. The summed E-state index contributed by atoms with van der Waals surface area (Å²) in [7, 11) is 4.43. The van der Waals surface area contributed by atoms with Crippen LogP contribution in [0.25, 0.3) is 0 Å². The zero-order valence-corrected chi connectivity index (χ0v) is 10.4. The predicted molar refractivity (Wildman–Crippen MR) is 71.3 cm³/mol. The topological polar surface area (TPSA) is 0 Å². The molecule has 0 fully saturated rings. The molecule has 0 aliphatic heterocycles. The normalized spacial score (nSPS) is 11.9. The van der Waals surface area contributed by atoms with Gasteiger partial charge in [-0.05, 0) is 24.1 Å². The van der Waals surface area contributed by atoms with Crippen molar-refractivity contribution in [1.29, 1.82) is 0 Å². The first-order valence-corrected chi connectivity index (χ1v) is 5.76. The van der Waals surface area contributed by atoms with Crippen molar-refractivity contribution in [1.82, 2.24) is 0 Å². The van der Waals surface area contributed by atoms with Crippen molar-refractivity contribution in [2.24, 2.45) is 0 Å². The highest BCUT2D eigenvalue weighted by atomic mass is 15.3. The maximum Gasteiger partial charge on any atom is 0.0972 e. The van der Waals surface area contributed by atoms with E-state index >= 15 is 0 Å². The lowest BCUT2D eigenvalue weighted by molar-refractivity contribution is -0.878. The maximum absolute atomic E-state index is 3.78. The van der Waals surface area contributed by atoms with E-state index < -0.39 is 0 Å². The quantitative estimate of drug-likeness (QED) is 0.506.